The van der Waals surface area contributed by atoms with Crippen molar-refractivity contribution in [3.05, 3.63) is 29.8 Å². The number of nitrogens with zero attached hydrogens (tertiary/aromatic N) is 2. The number of rotatable bonds is 4. The molecule has 1 aromatic carbocycles. The van der Waals surface area contributed by atoms with E-state index in [0.29, 0.717) is 12.5 Å². The lowest BCUT2D eigenvalue weighted by atomic mass is 10.1. The van der Waals surface area contributed by atoms with Crippen molar-refractivity contribution in [1.82, 2.24) is 4.90 Å². The van der Waals surface area contributed by atoms with E-state index in [1.54, 1.807) is 0 Å². The molecule has 1 saturated heterocycles. The van der Waals surface area contributed by atoms with Gasteiger partial charge in [-0.05, 0) is 43.4 Å². The maximum Gasteiger partial charge on any atom is 0.227 e. The van der Waals surface area contributed by atoms with Crippen LogP contribution in [0.25, 0.3) is 0 Å². The Balaban J connectivity index is 0.00000243. The molecule has 1 aliphatic carbocycles. The number of aliphatic imine (C=N–C) groups is 1. The van der Waals surface area contributed by atoms with E-state index in [0.717, 1.165) is 37.2 Å². The molecule has 1 aromatic rings. The summed E-state index contributed by atoms with van der Waals surface area (Å²) in [5.41, 5.74) is 8.10. The first kappa shape index (κ1) is 21.0. The summed E-state index contributed by atoms with van der Waals surface area (Å²) in [7, 11) is 0. The number of carbonyl (C=O) groups is 1. The van der Waals surface area contributed by atoms with Crippen LogP contribution in [0, 0.1) is 5.92 Å². The number of nitrogens with one attached hydrogen (secondary N) is 1. The van der Waals surface area contributed by atoms with Crippen LogP contribution in [0.5, 0.6) is 0 Å². The van der Waals surface area contributed by atoms with Gasteiger partial charge in [0.05, 0.1) is 6.54 Å². The quantitative estimate of drug-likeness (QED) is 0.395. The van der Waals surface area contributed by atoms with Crippen molar-refractivity contribution in [2.45, 2.75) is 57.9 Å². The van der Waals surface area contributed by atoms with Crippen LogP contribution in [-0.2, 0) is 11.3 Å². The van der Waals surface area contributed by atoms with Gasteiger partial charge in [-0.3, -0.25) is 4.79 Å². The summed E-state index contributed by atoms with van der Waals surface area (Å²) in [6, 6.07) is 7.95. The van der Waals surface area contributed by atoms with Crippen molar-refractivity contribution >= 4 is 41.5 Å². The molecular weight excluding hydrogens is 439 g/mol. The number of hydrogen-bond acceptors (Lipinski definition) is 2. The Kier molecular flexibility index (Phi) is 8.68. The first-order valence-corrected chi connectivity index (χ1v) is 9.67. The Hall–Kier alpha value is -1.31. The van der Waals surface area contributed by atoms with Crippen LogP contribution in [-0.4, -0.2) is 29.9 Å². The van der Waals surface area contributed by atoms with E-state index in [1.165, 1.54) is 38.5 Å². The van der Waals surface area contributed by atoms with Crippen LogP contribution in [0.4, 0.5) is 5.69 Å². The summed E-state index contributed by atoms with van der Waals surface area (Å²) in [6.45, 7) is 2.56. The van der Waals surface area contributed by atoms with Crippen molar-refractivity contribution < 1.29 is 4.79 Å². The van der Waals surface area contributed by atoms with Gasteiger partial charge in [-0.2, -0.15) is 0 Å². The highest BCUT2D eigenvalue weighted by atomic mass is 127. The number of guanidine groups is 1. The fraction of sp³-hybridized carbons (Fsp3) is 0.600. The highest BCUT2D eigenvalue weighted by Gasteiger charge is 2.22. The van der Waals surface area contributed by atoms with Gasteiger partial charge in [0, 0.05) is 24.7 Å². The number of benzene rings is 1. The molecule has 144 valence electrons. The predicted octanol–water partition coefficient (Wildman–Crippen LogP) is 4.12. The summed E-state index contributed by atoms with van der Waals surface area (Å²) in [4.78, 5) is 19.0. The second-order valence-corrected chi connectivity index (χ2v) is 7.25. The van der Waals surface area contributed by atoms with Crippen molar-refractivity contribution in [1.29, 1.82) is 0 Å². The monoisotopic (exact) mass is 470 g/mol. The smallest absolute Gasteiger partial charge is 0.227 e. The summed E-state index contributed by atoms with van der Waals surface area (Å²) in [6.07, 6.45) is 9.33. The van der Waals surface area contributed by atoms with Crippen molar-refractivity contribution in [2.75, 3.05) is 18.4 Å². The minimum absolute atomic E-state index is 0. The van der Waals surface area contributed by atoms with E-state index in [9.17, 15) is 4.79 Å². The van der Waals surface area contributed by atoms with E-state index in [-0.39, 0.29) is 35.8 Å². The van der Waals surface area contributed by atoms with Crippen LogP contribution in [0.3, 0.4) is 0 Å². The van der Waals surface area contributed by atoms with Crippen LogP contribution in [0.2, 0.25) is 0 Å². The number of likely N-dealkylation sites (tertiary alicyclic amines) is 1. The lowest BCUT2D eigenvalue weighted by molar-refractivity contribution is -0.119. The molecule has 0 radical (unpaired) electrons. The van der Waals surface area contributed by atoms with Gasteiger partial charge in [0.2, 0.25) is 5.91 Å². The number of anilines is 1. The van der Waals surface area contributed by atoms with Gasteiger partial charge in [0.25, 0.3) is 0 Å². The molecule has 0 spiro atoms. The lowest BCUT2D eigenvalue weighted by Gasteiger charge is -2.21. The van der Waals surface area contributed by atoms with Gasteiger partial charge in [0.15, 0.2) is 5.96 Å². The zero-order valence-corrected chi connectivity index (χ0v) is 17.8. The van der Waals surface area contributed by atoms with Crippen LogP contribution < -0.4 is 11.1 Å². The average molecular weight is 470 g/mol. The maximum atomic E-state index is 12.3. The van der Waals surface area contributed by atoms with Crippen LogP contribution in [0.1, 0.15) is 56.9 Å². The first-order valence-electron chi connectivity index (χ1n) is 9.67. The molecule has 0 unspecified atom stereocenters. The van der Waals surface area contributed by atoms with Gasteiger partial charge in [-0.1, -0.05) is 37.8 Å². The zero-order chi connectivity index (χ0) is 17.5. The van der Waals surface area contributed by atoms with Crippen molar-refractivity contribution in [3.8, 4) is 0 Å². The van der Waals surface area contributed by atoms with E-state index in [2.05, 4.69) is 15.2 Å². The fourth-order valence-corrected chi connectivity index (χ4v) is 3.75. The molecule has 1 saturated carbocycles. The molecule has 5 nitrogen and oxygen atoms in total. The Labute approximate surface area is 173 Å². The second kappa shape index (κ2) is 10.7. The largest absolute Gasteiger partial charge is 0.370 e. The maximum absolute atomic E-state index is 12.3. The van der Waals surface area contributed by atoms with E-state index < -0.39 is 0 Å². The normalized spacial score (nSPS) is 18.9. The van der Waals surface area contributed by atoms with E-state index in [1.807, 2.05) is 24.3 Å². The summed E-state index contributed by atoms with van der Waals surface area (Å²) in [5.74, 6) is 0.977. The summed E-state index contributed by atoms with van der Waals surface area (Å²) in [5, 5.41) is 3.05. The van der Waals surface area contributed by atoms with E-state index >= 15 is 0 Å². The predicted molar refractivity (Wildman–Crippen MR) is 118 cm³/mol. The highest BCUT2D eigenvalue weighted by molar-refractivity contribution is 14.0. The van der Waals surface area contributed by atoms with Gasteiger partial charge < -0.3 is 16.0 Å². The molecular formula is C20H31IN4O. The van der Waals surface area contributed by atoms with E-state index in [4.69, 9.17) is 5.73 Å². The molecule has 2 aliphatic rings. The SMILES string of the molecule is I.NC(=NCc1cccc(NC(=O)C2CCCC2)c1)N1CCCCCC1. The fourth-order valence-electron chi connectivity index (χ4n) is 3.75. The highest BCUT2D eigenvalue weighted by Crippen LogP contribution is 2.26. The Morgan fingerprint density at radius 2 is 1.81 bits per heavy atom. The summed E-state index contributed by atoms with van der Waals surface area (Å²) >= 11 is 0. The topological polar surface area (TPSA) is 70.7 Å². The molecule has 1 aliphatic heterocycles. The Morgan fingerprint density at radius 3 is 2.50 bits per heavy atom. The van der Waals surface area contributed by atoms with Gasteiger partial charge >= 0.3 is 0 Å². The molecule has 1 amide bonds. The number of hydrogen-bond donors (Lipinski definition) is 2. The number of halogens is 1. The van der Waals surface area contributed by atoms with Crippen molar-refractivity contribution in [2.24, 2.45) is 16.6 Å². The minimum atomic E-state index is 0. The van der Waals surface area contributed by atoms with Gasteiger partial charge in [0.1, 0.15) is 0 Å². The van der Waals surface area contributed by atoms with Crippen LogP contribution >= 0.6 is 24.0 Å². The molecule has 26 heavy (non-hydrogen) atoms. The van der Waals surface area contributed by atoms with Gasteiger partial charge in [-0.15, -0.1) is 24.0 Å². The Bertz CT molecular complexity index is 606. The number of nitrogens with two attached hydrogens (primary N) is 1. The Morgan fingerprint density at radius 1 is 1.12 bits per heavy atom. The third kappa shape index (κ3) is 6.14. The molecule has 2 fully saturated rings. The molecule has 1 heterocycles. The third-order valence-corrected chi connectivity index (χ3v) is 5.27. The molecule has 3 N–H and O–H groups in total. The minimum Gasteiger partial charge on any atom is -0.370 e. The molecule has 3 rings (SSSR count). The van der Waals surface area contributed by atoms with Crippen molar-refractivity contribution in [3.63, 3.8) is 0 Å². The molecule has 0 bridgehead atoms. The average Bonchev–Trinajstić information content (AvgIpc) is 3.03. The first-order chi connectivity index (χ1) is 12.2. The summed E-state index contributed by atoms with van der Waals surface area (Å²) < 4.78 is 0. The van der Waals surface area contributed by atoms with Crippen LogP contribution in [0.15, 0.2) is 29.3 Å². The standard InChI is InChI=1S/C20H30N4O.HI/c21-20(24-12-5-1-2-6-13-24)22-15-16-8-7-11-18(14-16)23-19(25)17-9-3-4-10-17;/h7-8,11,14,17H,1-6,9-10,12-13,15H2,(H2,21,22)(H,23,25);1H. The molecule has 6 heteroatoms. The van der Waals surface area contributed by atoms with Gasteiger partial charge in [-0.25, -0.2) is 4.99 Å². The molecule has 0 atom stereocenters. The number of amides is 1. The molecule has 0 aromatic heterocycles. The number of carbonyl (C=O) groups excluding carboxylic acids is 1. The third-order valence-electron chi connectivity index (χ3n) is 5.27. The second-order valence-electron chi connectivity index (χ2n) is 7.25. The lowest BCUT2D eigenvalue weighted by Crippen LogP contribution is -2.38. The zero-order valence-electron chi connectivity index (χ0n) is 15.5.